The Balaban J connectivity index is 1.90. The standard InChI is InChI=1S/C20H23NO4/c1-2-25-17-10-8-16(9-11-17)19(22)12-13-21-18(14-20(23)24)15-6-4-3-5-7-15/h3-11,18,21H,2,12-14H2,1H3,(H,23,24)/t18-/m0/s1. The molecule has 2 aromatic rings. The van der Waals surface area contributed by atoms with Gasteiger partial charge < -0.3 is 20.0 Å². The van der Waals surface area contributed by atoms with E-state index in [9.17, 15) is 14.7 Å². The number of carbonyl (C=O) groups is 2. The van der Waals surface area contributed by atoms with E-state index in [0.717, 1.165) is 11.3 Å². The van der Waals surface area contributed by atoms with E-state index in [4.69, 9.17) is 4.74 Å². The lowest BCUT2D eigenvalue weighted by molar-refractivity contribution is -0.694. The summed E-state index contributed by atoms with van der Waals surface area (Å²) in [7, 11) is 0. The summed E-state index contributed by atoms with van der Waals surface area (Å²) in [4.78, 5) is 23.2. The maximum absolute atomic E-state index is 12.3. The number of nitrogens with two attached hydrogens (primary N) is 1. The lowest BCUT2D eigenvalue weighted by Gasteiger charge is -2.16. The second-order valence-electron chi connectivity index (χ2n) is 5.75. The van der Waals surface area contributed by atoms with E-state index in [-0.39, 0.29) is 18.2 Å². The van der Waals surface area contributed by atoms with Gasteiger partial charge in [-0.3, -0.25) is 4.79 Å². The van der Waals surface area contributed by atoms with Gasteiger partial charge in [-0.15, -0.1) is 0 Å². The van der Waals surface area contributed by atoms with Gasteiger partial charge in [-0.05, 0) is 31.2 Å². The van der Waals surface area contributed by atoms with Crippen molar-refractivity contribution in [2.24, 2.45) is 0 Å². The van der Waals surface area contributed by atoms with Crippen molar-refractivity contribution in [3.63, 3.8) is 0 Å². The van der Waals surface area contributed by atoms with Crippen LogP contribution in [0.3, 0.4) is 0 Å². The maximum Gasteiger partial charge on any atom is 0.168 e. The average molecular weight is 341 g/mol. The molecule has 0 unspecified atom stereocenters. The Hall–Kier alpha value is -2.66. The van der Waals surface area contributed by atoms with Crippen LogP contribution < -0.4 is 15.2 Å². The van der Waals surface area contributed by atoms with Crippen LogP contribution in [0.5, 0.6) is 5.75 Å². The quantitative estimate of drug-likeness (QED) is 0.656. The third kappa shape index (κ3) is 6.04. The molecular weight excluding hydrogens is 318 g/mol. The molecule has 0 aliphatic carbocycles. The highest BCUT2D eigenvalue weighted by Gasteiger charge is 2.16. The van der Waals surface area contributed by atoms with Gasteiger partial charge in [-0.1, -0.05) is 30.3 Å². The fraction of sp³-hybridized carbons (Fsp3) is 0.300. The van der Waals surface area contributed by atoms with E-state index in [2.05, 4.69) is 0 Å². The average Bonchev–Trinajstić information content (AvgIpc) is 2.62. The minimum atomic E-state index is -1.09. The zero-order chi connectivity index (χ0) is 18.1. The zero-order valence-corrected chi connectivity index (χ0v) is 14.3. The lowest BCUT2D eigenvalue weighted by atomic mass is 10.0. The first-order chi connectivity index (χ1) is 12.1. The molecule has 2 rings (SSSR count). The Morgan fingerprint density at radius 3 is 2.36 bits per heavy atom. The first-order valence-corrected chi connectivity index (χ1v) is 8.44. The molecule has 0 radical (unpaired) electrons. The molecule has 2 aromatic carbocycles. The third-order valence-corrected chi connectivity index (χ3v) is 3.92. The third-order valence-electron chi connectivity index (χ3n) is 3.92. The van der Waals surface area contributed by atoms with Crippen LogP contribution >= 0.6 is 0 Å². The highest BCUT2D eigenvalue weighted by molar-refractivity contribution is 5.96. The summed E-state index contributed by atoms with van der Waals surface area (Å²) in [6.07, 6.45) is 0.256. The van der Waals surface area contributed by atoms with Crippen molar-refractivity contribution < 1.29 is 24.7 Å². The maximum atomic E-state index is 12.3. The molecule has 2 N–H and O–H groups in total. The first kappa shape index (κ1) is 18.7. The van der Waals surface area contributed by atoms with Crippen LogP contribution in [0.1, 0.15) is 41.7 Å². The molecule has 0 fully saturated rings. The number of carboxylic acid groups (broad SMARTS) is 1. The molecule has 0 amide bonds. The van der Waals surface area contributed by atoms with Crippen LogP contribution in [0.4, 0.5) is 0 Å². The topological polar surface area (TPSA) is 83.0 Å². The van der Waals surface area contributed by atoms with E-state index < -0.39 is 5.97 Å². The smallest absolute Gasteiger partial charge is 0.168 e. The summed E-state index contributed by atoms with van der Waals surface area (Å²) in [5.41, 5.74) is 1.55. The lowest BCUT2D eigenvalue weighted by Crippen LogP contribution is -2.86. The summed E-state index contributed by atoms with van der Waals surface area (Å²) < 4.78 is 5.36. The molecule has 132 valence electrons. The predicted octanol–water partition coefficient (Wildman–Crippen LogP) is 1.10. The van der Waals surface area contributed by atoms with Crippen LogP contribution in [0.15, 0.2) is 54.6 Å². The van der Waals surface area contributed by atoms with E-state index in [1.54, 1.807) is 24.3 Å². The van der Waals surface area contributed by atoms with E-state index in [1.807, 2.05) is 42.6 Å². The first-order valence-electron chi connectivity index (χ1n) is 8.44. The summed E-state index contributed by atoms with van der Waals surface area (Å²) in [6, 6.07) is 16.2. The number of hydrogen-bond donors (Lipinski definition) is 1. The molecule has 0 saturated heterocycles. The number of aliphatic carboxylic acids is 1. The van der Waals surface area contributed by atoms with Gasteiger partial charge in [0.25, 0.3) is 0 Å². The zero-order valence-electron chi connectivity index (χ0n) is 14.3. The number of quaternary nitrogens is 1. The van der Waals surface area contributed by atoms with E-state index in [1.165, 1.54) is 0 Å². The number of Topliss-reactive ketones (excluding diaryl/α,β-unsaturated/α-hetero) is 1. The van der Waals surface area contributed by atoms with Gasteiger partial charge in [0.05, 0.1) is 19.6 Å². The molecular formula is C20H23NO4. The molecule has 0 aliphatic heterocycles. The SMILES string of the molecule is CCOc1ccc(C(=O)CC[NH2+][C@@H](CC(=O)[O-])c2ccccc2)cc1. The molecule has 0 aliphatic rings. The van der Waals surface area contributed by atoms with Crippen LogP contribution in [-0.4, -0.2) is 24.9 Å². The highest BCUT2D eigenvalue weighted by atomic mass is 16.5. The summed E-state index contributed by atoms with van der Waals surface area (Å²) in [6.45, 7) is 3.01. The minimum absolute atomic E-state index is 0.0274. The van der Waals surface area contributed by atoms with Crippen LogP contribution in [0.2, 0.25) is 0 Å². The number of carboxylic acids is 1. The monoisotopic (exact) mass is 341 g/mol. The Kier molecular flexibility index (Phi) is 7.16. The fourth-order valence-electron chi connectivity index (χ4n) is 2.68. The molecule has 0 bridgehead atoms. The van der Waals surface area contributed by atoms with Crippen molar-refractivity contribution in [1.82, 2.24) is 0 Å². The number of ketones is 1. The van der Waals surface area contributed by atoms with Crippen molar-refractivity contribution in [1.29, 1.82) is 0 Å². The number of benzene rings is 2. The van der Waals surface area contributed by atoms with Gasteiger partial charge in [-0.2, -0.15) is 0 Å². The summed E-state index contributed by atoms with van der Waals surface area (Å²) >= 11 is 0. The van der Waals surface area contributed by atoms with Crippen LogP contribution in [0, 0.1) is 0 Å². The Morgan fingerprint density at radius 2 is 1.76 bits per heavy atom. The fourth-order valence-corrected chi connectivity index (χ4v) is 2.68. The largest absolute Gasteiger partial charge is 0.550 e. The van der Waals surface area contributed by atoms with Gasteiger partial charge in [0.1, 0.15) is 11.8 Å². The number of hydrogen-bond acceptors (Lipinski definition) is 4. The molecule has 0 saturated carbocycles. The van der Waals surface area contributed by atoms with Crippen molar-refractivity contribution in [3.05, 3.63) is 65.7 Å². The Labute approximate surface area is 147 Å². The van der Waals surface area contributed by atoms with Crippen LogP contribution in [-0.2, 0) is 4.79 Å². The highest BCUT2D eigenvalue weighted by Crippen LogP contribution is 2.14. The van der Waals surface area contributed by atoms with Gasteiger partial charge >= 0.3 is 0 Å². The summed E-state index contributed by atoms with van der Waals surface area (Å²) in [5, 5.41) is 12.9. The normalized spacial score (nSPS) is 11.7. The summed E-state index contributed by atoms with van der Waals surface area (Å²) in [5.74, 6) is -0.328. The predicted molar refractivity (Wildman–Crippen MR) is 92.2 cm³/mol. The molecule has 1 atom stereocenters. The van der Waals surface area contributed by atoms with Gasteiger partial charge in [0.2, 0.25) is 0 Å². The molecule has 0 spiro atoms. The van der Waals surface area contributed by atoms with Crippen molar-refractivity contribution >= 4 is 11.8 Å². The van der Waals surface area contributed by atoms with Gasteiger partial charge in [0, 0.05) is 23.5 Å². The van der Waals surface area contributed by atoms with E-state index >= 15 is 0 Å². The number of carbonyl (C=O) groups excluding carboxylic acids is 2. The minimum Gasteiger partial charge on any atom is -0.550 e. The van der Waals surface area contributed by atoms with Gasteiger partial charge in [-0.25, -0.2) is 0 Å². The van der Waals surface area contributed by atoms with Crippen molar-refractivity contribution in [2.45, 2.75) is 25.8 Å². The molecule has 0 aromatic heterocycles. The van der Waals surface area contributed by atoms with E-state index in [0.29, 0.717) is 25.1 Å². The van der Waals surface area contributed by atoms with Crippen molar-refractivity contribution in [3.8, 4) is 5.75 Å². The molecule has 5 nitrogen and oxygen atoms in total. The number of rotatable bonds is 10. The van der Waals surface area contributed by atoms with Crippen LogP contribution in [0.25, 0.3) is 0 Å². The Morgan fingerprint density at radius 1 is 1.08 bits per heavy atom. The van der Waals surface area contributed by atoms with Gasteiger partial charge in [0.15, 0.2) is 5.78 Å². The molecule has 5 heteroatoms. The molecule has 25 heavy (non-hydrogen) atoms. The number of ether oxygens (including phenoxy) is 1. The second kappa shape index (κ2) is 9.59. The second-order valence-corrected chi connectivity index (χ2v) is 5.75. The Bertz CT molecular complexity index is 683. The molecule has 0 heterocycles. The van der Waals surface area contributed by atoms with Crippen molar-refractivity contribution in [2.75, 3.05) is 13.2 Å².